The van der Waals surface area contributed by atoms with E-state index in [1.807, 2.05) is 0 Å². The number of carbonyl (C=O) groups is 1. The summed E-state index contributed by atoms with van der Waals surface area (Å²) in [6.07, 6.45) is 8.03. The number of esters is 1. The van der Waals surface area contributed by atoms with E-state index in [2.05, 4.69) is 6.92 Å². The molecule has 0 aromatic rings. The van der Waals surface area contributed by atoms with E-state index < -0.39 is 0 Å². The Morgan fingerprint density at radius 1 is 1.54 bits per heavy atom. The Morgan fingerprint density at radius 3 is 2.92 bits per heavy atom. The van der Waals surface area contributed by atoms with Gasteiger partial charge in [0.25, 0.3) is 0 Å². The van der Waals surface area contributed by atoms with Gasteiger partial charge in [-0.15, -0.1) is 0 Å². The highest BCUT2D eigenvalue weighted by molar-refractivity contribution is 5.76. The third kappa shape index (κ3) is 1.59. The van der Waals surface area contributed by atoms with Crippen LogP contribution in [0.5, 0.6) is 0 Å². The number of fused-ring (bicyclic) bond motifs is 2. The molecule has 2 bridgehead atoms. The van der Waals surface area contributed by atoms with Crippen LogP contribution in [0.3, 0.4) is 0 Å². The molecule has 1 saturated heterocycles. The SMILES string of the molecule is CCCCC[C@@]12CC[C@@H](C1)C(=O)O2. The largest absolute Gasteiger partial charge is 0.459 e. The van der Waals surface area contributed by atoms with Crippen molar-refractivity contribution in [3.63, 3.8) is 0 Å². The summed E-state index contributed by atoms with van der Waals surface area (Å²) >= 11 is 0. The van der Waals surface area contributed by atoms with Gasteiger partial charge >= 0.3 is 5.97 Å². The quantitative estimate of drug-likeness (QED) is 0.493. The van der Waals surface area contributed by atoms with E-state index >= 15 is 0 Å². The molecular weight excluding hydrogens is 164 g/mol. The molecule has 2 heteroatoms. The molecule has 1 saturated carbocycles. The Kier molecular flexibility index (Phi) is 2.31. The monoisotopic (exact) mass is 182 g/mol. The fraction of sp³-hybridized carbons (Fsp3) is 0.909. The molecule has 0 spiro atoms. The first-order valence-electron chi connectivity index (χ1n) is 5.49. The highest BCUT2D eigenvalue weighted by Gasteiger charge is 2.51. The molecule has 2 atom stereocenters. The van der Waals surface area contributed by atoms with Crippen LogP contribution in [-0.4, -0.2) is 11.6 Å². The molecule has 0 aromatic heterocycles. The summed E-state index contributed by atoms with van der Waals surface area (Å²) in [7, 11) is 0. The topological polar surface area (TPSA) is 26.3 Å². The number of rotatable bonds is 4. The molecule has 1 aliphatic carbocycles. The maximum atomic E-state index is 11.3. The Bertz CT molecular complexity index is 212. The second-order valence-corrected chi connectivity index (χ2v) is 4.50. The molecule has 2 fully saturated rings. The fourth-order valence-electron chi connectivity index (χ4n) is 2.66. The van der Waals surface area contributed by atoms with Gasteiger partial charge < -0.3 is 4.74 Å². The molecule has 0 unspecified atom stereocenters. The molecule has 2 rings (SSSR count). The molecule has 1 aliphatic heterocycles. The zero-order chi connectivity index (χ0) is 9.31. The lowest BCUT2D eigenvalue weighted by molar-refractivity contribution is -0.156. The van der Waals surface area contributed by atoms with Crippen LogP contribution in [0.15, 0.2) is 0 Å². The van der Waals surface area contributed by atoms with Crippen molar-refractivity contribution in [1.82, 2.24) is 0 Å². The van der Waals surface area contributed by atoms with Gasteiger partial charge in [-0.05, 0) is 25.7 Å². The van der Waals surface area contributed by atoms with Crippen molar-refractivity contribution in [3.8, 4) is 0 Å². The van der Waals surface area contributed by atoms with Gasteiger partial charge in [0, 0.05) is 6.42 Å². The van der Waals surface area contributed by atoms with Crippen molar-refractivity contribution in [2.24, 2.45) is 5.92 Å². The van der Waals surface area contributed by atoms with Crippen LogP contribution < -0.4 is 0 Å². The maximum Gasteiger partial charge on any atom is 0.309 e. The van der Waals surface area contributed by atoms with Crippen LogP contribution in [0.4, 0.5) is 0 Å². The van der Waals surface area contributed by atoms with Gasteiger partial charge in [0.2, 0.25) is 0 Å². The molecule has 0 N–H and O–H groups in total. The minimum atomic E-state index is -0.0169. The lowest BCUT2D eigenvalue weighted by Gasteiger charge is -2.26. The van der Waals surface area contributed by atoms with Crippen LogP contribution in [-0.2, 0) is 9.53 Å². The number of unbranched alkanes of at least 4 members (excludes halogenated alkanes) is 2. The lowest BCUT2D eigenvalue weighted by Crippen LogP contribution is -2.28. The Hall–Kier alpha value is -0.530. The highest BCUT2D eigenvalue weighted by Crippen LogP contribution is 2.47. The zero-order valence-electron chi connectivity index (χ0n) is 8.34. The van der Waals surface area contributed by atoms with E-state index in [0.29, 0.717) is 0 Å². The second kappa shape index (κ2) is 3.32. The first kappa shape index (κ1) is 9.04. The van der Waals surface area contributed by atoms with Crippen molar-refractivity contribution in [1.29, 1.82) is 0 Å². The standard InChI is InChI=1S/C11H18O2/c1-2-3-4-6-11-7-5-9(8-11)10(12)13-11/h9H,2-8H2,1H3/t9-,11+/m0/s1. The van der Waals surface area contributed by atoms with Gasteiger partial charge in [-0.2, -0.15) is 0 Å². The lowest BCUT2D eigenvalue weighted by atomic mass is 9.95. The molecule has 0 radical (unpaired) electrons. The number of hydrogen-bond acceptors (Lipinski definition) is 2. The van der Waals surface area contributed by atoms with Gasteiger partial charge in [0.15, 0.2) is 0 Å². The van der Waals surface area contributed by atoms with E-state index in [-0.39, 0.29) is 17.5 Å². The predicted molar refractivity (Wildman–Crippen MR) is 50.3 cm³/mol. The van der Waals surface area contributed by atoms with Gasteiger partial charge in [0.05, 0.1) is 5.92 Å². The molecule has 74 valence electrons. The summed E-state index contributed by atoms with van der Waals surface area (Å²) in [5.41, 5.74) is -0.0169. The summed E-state index contributed by atoms with van der Waals surface area (Å²) in [4.78, 5) is 11.3. The van der Waals surface area contributed by atoms with Crippen molar-refractivity contribution in [2.45, 2.75) is 57.5 Å². The van der Waals surface area contributed by atoms with E-state index in [1.165, 1.54) is 19.3 Å². The summed E-state index contributed by atoms with van der Waals surface area (Å²) in [6.45, 7) is 2.20. The third-order valence-corrected chi connectivity index (χ3v) is 3.45. The Morgan fingerprint density at radius 2 is 2.38 bits per heavy atom. The Labute approximate surface area is 79.7 Å². The number of hydrogen-bond donors (Lipinski definition) is 0. The van der Waals surface area contributed by atoms with E-state index in [9.17, 15) is 4.79 Å². The van der Waals surface area contributed by atoms with E-state index in [0.717, 1.165) is 25.7 Å². The molecule has 2 aliphatic rings. The smallest absolute Gasteiger partial charge is 0.309 e. The maximum absolute atomic E-state index is 11.3. The van der Waals surface area contributed by atoms with Crippen LogP contribution in [0.2, 0.25) is 0 Å². The second-order valence-electron chi connectivity index (χ2n) is 4.50. The Balaban J connectivity index is 1.87. The van der Waals surface area contributed by atoms with Crippen molar-refractivity contribution >= 4 is 5.97 Å². The summed E-state index contributed by atoms with van der Waals surface area (Å²) in [6, 6.07) is 0. The van der Waals surface area contributed by atoms with Gasteiger partial charge in [0.1, 0.15) is 5.60 Å². The minimum absolute atomic E-state index is 0.0169. The first-order chi connectivity index (χ1) is 6.26. The summed E-state index contributed by atoms with van der Waals surface area (Å²) in [5, 5.41) is 0. The molecular formula is C11H18O2. The summed E-state index contributed by atoms with van der Waals surface area (Å²) in [5.74, 6) is 0.323. The molecule has 0 aromatic carbocycles. The van der Waals surface area contributed by atoms with Crippen LogP contribution in [0, 0.1) is 5.92 Å². The van der Waals surface area contributed by atoms with Gasteiger partial charge in [-0.25, -0.2) is 0 Å². The van der Waals surface area contributed by atoms with E-state index in [4.69, 9.17) is 4.74 Å². The van der Waals surface area contributed by atoms with Crippen LogP contribution in [0.25, 0.3) is 0 Å². The van der Waals surface area contributed by atoms with Crippen LogP contribution >= 0.6 is 0 Å². The molecule has 1 heterocycles. The molecule has 2 nitrogen and oxygen atoms in total. The van der Waals surface area contributed by atoms with Crippen molar-refractivity contribution in [3.05, 3.63) is 0 Å². The number of carbonyl (C=O) groups excluding carboxylic acids is 1. The predicted octanol–water partition coefficient (Wildman–Crippen LogP) is 2.66. The van der Waals surface area contributed by atoms with Crippen LogP contribution in [0.1, 0.15) is 51.9 Å². The first-order valence-corrected chi connectivity index (χ1v) is 5.49. The zero-order valence-corrected chi connectivity index (χ0v) is 8.34. The average molecular weight is 182 g/mol. The summed E-state index contributed by atoms with van der Waals surface area (Å²) < 4.78 is 5.46. The molecule has 0 amide bonds. The van der Waals surface area contributed by atoms with Gasteiger partial charge in [-0.1, -0.05) is 19.8 Å². The highest BCUT2D eigenvalue weighted by atomic mass is 16.6. The average Bonchev–Trinajstić information content (AvgIpc) is 2.62. The normalized spacial score (nSPS) is 36.7. The minimum Gasteiger partial charge on any atom is -0.459 e. The molecule has 13 heavy (non-hydrogen) atoms. The fourth-order valence-corrected chi connectivity index (χ4v) is 2.66. The van der Waals surface area contributed by atoms with Gasteiger partial charge in [-0.3, -0.25) is 4.79 Å². The van der Waals surface area contributed by atoms with E-state index in [1.54, 1.807) is 0 Å². The number of ether oxygens (including phenoxy) is 1. The van der Waals surface area contributed by atoms with Crippen molar-refractivity contribution in [2.75, 3.05) is 0 Å². The van der Waals surface area contributed by atoms with Crippen molar-refractivity contribution < 1.29 is 9.53 Å². The third-order valence-electron chi connectivity index (χ3n) is 3.45.